The van der Waals surface area contributed by atoms with Gasteiger partial charge in [-0.2, -0.15) is 0 Å². The Morgan fingerprint density at radius 3 is 2.67 bits per heavy atom. The van der Waals surface area contributed by atoms with Gasteiger partial charge in [-0.25, -0.2) is 4.79 Å². The van der Waals surface area contributed by atoms with E-state index in [0.717, 1.165) is 18.4 Å². The summed E-state index contributed by atoms with van der Waals surface area (Å²) >= 11 is 0. The zero-order chi connectivity index (χ0) is 17.7. The molecule has 5 nitrogen and oxygen atoms in total. The molecule has 0 aliphatic carbocycles. The Morgan fingerprint density at radius 2 is 1.96 bits per heavy atom. The molecule has 0 unspecified atom stereocenters. The van der Waals surface area contributed by atoms with Gasteiger partial charge in [0.1, 0.15) is 6.61 Å². The number of fused-ring (bicyclic) bond motifs is 1. The van der Waals surface area contributed by atoms with Gasteiger partial charge in [0.15, 0.2) is 17.1 Å². The van der Waals surface area contributed by atoms with Gasteiger partial charge >= 0.3 is 5.63 Å². The molecule has 0 bridgehead atoms. The minimum atomic E-state index is -0.822. The SMILES string of the molecule is CC(C)=CCC/C(C)=C/COc1c(O)c2cccc(O)c2oc1=O. The fourth-order valence-electron chi connectivity index (χ4n) is 2.26. The van der Waals surface area contributed by atoms with Gasteiger partial charge in [-0.15, -0.1) is 0 Å². The van der Waals surface area contributed by atoms with Crippen molar-refractivity contribution in [1.29, 1.82) is 0 Å². The normalized spacial score (nSPS) is 11.5. The van der Waals surface area contributed by atoms with Crippen molar-refractivity contribution >= 4 is 11.0 Å². The van der Waals surface area contributed by atoms with E-state index in [9.17, 15) is 15.0 Å². The average Bonchev–Trinajstić information content (AvgIpc) is 2.51. The molecular formula is C19H22O5. The number of aromatic hydroxyl groups is 2. The van der Waals surface area contributed by atoms with Crippen LogP contribution in [0.1, 0.15) is 33.6 Å². The Balaban J connectivity index is 2.13. The van der Waals surface area contributed by atoms with Crippen LogP contribution in [0, 0.1) is 0 Å². The highest BCUT2D eigenvalue weighted by Gasteiger charge is 2.16. The molecule has 0 amide bonds. The zero-order valence-electron chi connectivity index (χ0n) is 14.1. The van der Waals surface area contributed by atoms with E-state index in [0.29, 0.717) is 0 Å². The van der Waals surface area contributed by atoms with E-state index in [2.05, 4.69) is 19.9 Å². The molecule has 5 heteroatoms. The molecule has 0 fully saturated rings. The molecule has 1 heterocycles. The Morgan fingerprint density at radius 1 is 1.21 bits per heavy atom. The number of allylic oxidation sites excluding steroid dienone is 3. The Kier molecular flexibility index (Phi) is 5.68. The summed E-state index contributed by atoms with van der Waals surface area (Å²) < 4.78 is 10.4. The van der Waals surface area contributed by atoms with Gasteiger partial charge in [0.05, 0.1) is 5.39 Å². The first-order chi connectivity index (χ1) is 11.4. The summed E-state index contributed by atoms with van der Waals surface area (Å²) in [6.45, 7) is 6.26. The second kappa shape index (κ2) is 7.73. The van der Waals surface area contributed by atoms with Crippen LogP contribution in [-0.2, 0) is 0 Å². The molecular weight excluding hydrogens is 308 g/mol. The van der Waals surface area contributed by atoms with E-state index in [1.807, 2.05) is 13.0 Å². The molecule has 2 rings (SSSR count). The van der Waals surface area contributed by atoms with Crippen molar-refractivity contribution in [2.24, 2.45) is 0 Å². The molecule has 0 aliphatic heterocycles. The summed E-state index contributed by atoms with van der Waals surface area (Å²) in [7, 11) is 0. The molecule has 0 saturated heterocycles. The number of ether oxygens (including phenoxy) is 1. The highest BCUT2D eigenvalue weighted by molar-refractivity contribution is 5.89. The summed E-state index contributed by atoms with van der Waals surface area (Å²) in [6, 6.07) is 4.47. The Labute approximate surface area is 140 Å². The lowest BCUT2D eigenvalue weighted by molar-refractivity contribution is 0.316. The topological polar surface area (TPSA) is 79.9 Å². The minimum Gasteiger partial charge on any atom is -0.504 e. The molecule has 1 aromatic carbocycles. The van der Waals surface area contributed by atoms with Crippen molar-refractivity contribution in [1.82, 2.24) is 0 Å². The number of hydrogen-bond acceptors (Lipinski definition) is 5. The van der Waals surface area contributed by atoms with E-state index in [1.165, 1.54) is 11.6 Å². The third kappa shape index (κ3) is 4.19. The second-order valence-electron chi connectivity index (χ2n) is 5.90. The highest BCUT2D eigenvalue weighted by atomic mass is 16.5. The fourth-order valence-corrected chi connectivity index (χ4v) is 2.26. The number of phenolic OH excluding ortho intramolecular Hbond substituents is 1. The van der Waals surface area contributed by atoms with Gasteiger partial charge < -0.3 is 19.4 Å². The lowest BCUT2D eigenvalue weighted by atomic mass is 10.1. The van der Waals surface area contributed by atoms with Crippen LogP contribution in [0.4, 0.5) is 0 Å². The maximum absolute atomic E-state index is 11.9. The summed E-state index contributed by atoms with van der Waals surface area (Å²) in [5.41, 5.74) is 1.54. The number of para-hydroxylation sites is 1. The van der Waals surface area contributed by atoms with E-state index in [-0.39, 0.29) is 34.8 Å². The molecule has 0 spiro atoms. The van der Waals surface area contributed by atoms with Gasteiger partial charge in [0.25, 0.3) is 0 Å². The third-order valence-electron chi connectivity index (χ3n) is 3.60. The van der Waals surface area contributed by atoms with E-state index >= 15 is 0 Å². The largest absolute Gasteiger partial charge is 0.504 e. The molecule has 24 heavy (non-hydrogen) atoms. The lowest BCUT2D eigenvalue weighted by Crippen LogP contribution is -2.07. The average molecular weight is 330 g/mol. The van der Waals surface area contributed by atoms with Gasteiger partial charge in [-0.1, -0.05) is 23.3 Å². The fraction of sp³-hybridized carbons (Fsp3) is 0.316. The highest BCUT2D eigenvalue weighted by Crippen LogP contribution is 2.35. The predicted molar refractivity (Wildman–Crippen MR) is 93.7 cm³/mol. The van der Waals surface area contributed by atoms with Crippen LogP contribution in [-0.4, -0.2) is 16.8 Å². The Bertz CT molecular complexity index is 839. The van der Waals surface area contributed by atoms with Crippen LogP contribution < -0.4 is 10.4 Å². The number of hydrogen-bond donors (Lipinski definition) is 2. The lowest BCUT2D eigenvalue weighted by Gasteiger charge is -2.08. The minimum absolute atomic E-state index is 0.0548. The Hall–Kier alpha value is -2.69. The smallest absolute Gasteiger partial charge is 0.383 e. The second-order valence-corrected chi connectivity index (χ2v) is 5.90. The van der Waals surface area contributed by atoms with E-state index in [1.54, 1.807) is 12.1 Å². The number of rotatable bonds is 6. The molecule has 128 valence electrons. The van der Waals surface area contributed by atoms with E-state index < -0.39 is 5.63 Å². The summed E-state index contributed by atoms with van der Waals surface area (Å²) in [4.78, 5) is 11.9. The molecule has 0 atom stereocenters. The van der Waals surface area contributed by atoms with Gasteiger partial charge in [-0.05, 0) is 51.8 Å². The first-order valence-electron chi connectivity index (χ1n) is 7.79. The van der Waals surface area contributed by atoms with Gasteiger partial charge in [0, 0.05) is 0 Å². The molecule has 0 saturated carbocycles. The van der Waals surface area contributed by atoms with Crippen molar-refractivity contribution in [3.8, 4) is 17.2 Å². The van der Waals surface area contributed by atoms with Crippen molar-refractivity contribution in [3.63, 3.8) is 0 Å². The maximum atomic E-state index is 11.9. The molecule has 2 aromatic rings. The summed E-state index contributed by atoms with van der Waals surface area (Å²) in [5, 5.41) is 20.1. The van der Waals surface area contributed by atoms with Crippen molar-refractivity contribution in [3.05, 3.63) is 51.9 Å². The van der Waals surface area contributed by atoms with Crippen LogP contribution in [0.3, 0.4) is 0 Å². The van der Waals surface area contributed by atoms with Gasteiger partial charge in [-0.3, -0.25) is 0 Å². The summed E-state index contributed by atoms with van der Waals surface area (Å²) in [6.07, 6.45) is 5.88. The number of phenols is 1. The zero-order valence-corrected chi connectivity index (χ0v) is 14.1. The predicted octanol–water partition coefficient (Wildman–Crippen LogP) is 4.28. The van der Waals surface area contributed by atoms with Crippen LogP contribution in [0.2, 0.25) is 0 Å². The quantitative estimate of drug-likeness (QED) is 0.610. The first kappa shape index (κ1) is 17.7. The first-order valence-corrected chi connectivity index (χ1v) is 7.79. The third-order valence-corrected chi connectivity index (χ3v) is 3.60. The van der Waals surface area contributed by atoms with Crippen LogP contribution in [0.15, 0.2) is 50.7 Å². The van der Waals surface area contributed by atoms with E-state index in [4.69, 9.17) is 9.15 Å². The molecule has 2 N–H and O–H groups in total. The van der Waals surface area contributed by atoms with Crippen molar-refractivity contribution in [2.75, 3.05) is 6.61 Å². The monoisotopic (exact) mass is 330 g/mol. The maximum Gasteiger partial charge on any atom is 0.383 e. The van der Waals surface area contributed by atoms with Crippen LogP contribution in [0.25, 0.3) is 11.0 Å². The molecule has 0 aliphatic rings. The molecule has 1 aromatic heterocycles. The number of benzene rings is 1. The summed E-state index contributed by atoms with van der Waals surface area (Å²) in [5.74, 6) is -0.782. The van der Waals surface area contributed by atoms with Crippen molar-refractivity contribution < 1.29 is 19.4 Å². The van der Waals surface area contributed by atoms with Crippen molar-refractivity contribution in [2.45, 2.75) is 33.6 Å². The van der Waals surface area contributed by atoms with Crippen LogP contribution in [0.5, 0.6) is 17.2 Å². The standard InChI is InChI=1S/C19H22O5/c1-12(2)6-4-7-13(3)10-11-23-18-16(21)14-8-5-9-15(20)17(14)24-19(18)22/h5-6,8-10,20-21H,4,7,11H2,1-3H3/b13-10+. The van der Waals surface area contributed by atoms with Gasteiger partial charge in [0.2, 0.25) is 5.75 Å². The van der Waals surface area contributed by atoms with Crippen LogP contribution >= 0.6 is 0 Å². The molecule has 0 radical (unpaired) electrons.